The van der Waals surface area contributed by atoms with Gasteiger partial charge < -0.3 is 26.2 Å². The lowest BCUT2D eigenvalue weighted by atomic mass is 10.1. The van der Waals surface area contributed by atoms with Crippen LogP contribution in [0.4, 0.5) is 30.8 Å². The Balaban J connectivity index is 1.45. The lowest BCUT2D eigenvalue weighted by molar-refractivity contribution is -0.134. The van der Waals surface area contributed by atoms with Crippen molar-refractivity contribution in [1.29, 1.82) is 5.41 Å². The number of carbonyl (C=O) groups excluding carboxylic acids is 1. The highest BCUT2D eigenvalue weighted by Gasteiger charge is 2.27. The average Bonchev–Trinajstić information content (AvgIpc) is 3.18. The molecule has 40 heavy (non-hydrogen) atoms. The summed E-state index contributed by atoms with van der Waals surface area (Å²) >= 11 is 5.92. The SMILES string of the molecule is N=C(N)N1CCCN(C(=O)c2ccc(Nc3nc(CCC(F)(F)F)nc(NCc4ccc(Cl)cc4)n3)cc2)CC1. The van der Waals surface area contributed by atoms with E-state index in [0.717, 1.165) is 5.56 Å². The Hall–Kier alpha value is -4.13. The number of aryl methyl sites for hydroxylation is 1. The van der Waals surface area contributed by atoms with Crippen LogP contribution < -0.4 is 16.4 Å². The summed E-state index contributed by atoms with van der Waals surface area (Å²) in [5.74, 6) is 0.0353. The van der Waals surface area contributed by atoms with E-state index >= 15 is 0 Å². The second-order valence-corrected chi connectivity index (χ2v) is 9.65. The Bertz CT molecular complexity index is 1320. The summed E-state index contributed by atoms with van der Waals surface area (Å²) in [4.78, 5) is 29.1. The number of guanidine groups is 1. The lowest BCUT2D eigenvalue weighted by Gasteiger charge is -2.22. The van der Waals surface area contributed by atoms with E-state index in [-0.39, 0.29) is 29.6 Å². The molecule has 0 aliphatic carbocycles. The Morgan fingerprint density at radius 1 is 0.950 bits per heavy atom. The van der Waals surface area contributed by atoms with Gasteiger partial charge in [-0.1, -0.05) is 23.7 Å². The molecule has 0 radical (unpaired) electrons. The first-order chi connectivity index (χ1) is 19.1. The molecule has 3 aromatic rings. The van der Waals surface area contributed by atoms with Gasteiger partial charge in [0.2, 0.25) is 11.9 Å². The number of anilines is 3. The Morgan fingerprint density at radius 2 is 1.60 bits per heavy atom. The number of nitrogens with one attached hydrogen (secondary N) is 3. The van der Waals surface area contributed by atoms with Crippen LogP contribution >= 0.6 is 11.6 Å². The largest absolute Gasteiger partial charge is 0.389 e. The van der Waals surface area contributed by atoms with Gasteiger partial charge in [0, 0.05) is 55.4 Å². The Morgan fingerprint density at radius 3 is 2.27 bits per heavy atom. The van der Waals surface area contributed by atoms with Gasteiger partial charge in [-0.3, -0.25) is 10.2 Å². The maximum absolute atomic E-state index is 13.0. The van der Waals surface area contributed by atoms with Gasteiger partial charge >= 0.3 is 6.18 Å². The highest BCUT2D eigenvalue weighted by Crippen LogP contribution is 2.23. The van der Waals surface area contributed by atoms with Gasteiger partial charge in [0.25, 0.3) is 5.91 Å². The molecule has 0 spiro atoms. The highest BCUT2D eigenvalue weighted by molar-refractivity contribution is 6.30. The minimum Gasteiger partial charge on any atom is -0.370 e. The van der Waals surface area contributed by atoms with Gasteiger partial charge in [0.05, 0.1) is 6.42 Å². The fourth-order valence-corrected chi connectivity index (χ4v) is 4.20. The number of hydrogen-bond acceptors (Lipinski definition) is 7. The number of hydrogen-bond donors (Lipinski definition) is 4. The van der Waals surface area contributed by atoms with Crippen molar-refractivity contribution in [3.63, 3.8) is 0 Å². The van der Waals surface area contributed by atoms with E-state index < -0.39 is 19.0 Å². The Labute approximate surface area is 234 Å². The molecular formula is C26H29ClF3N9O. The van der Waals surface area contributed by atoms with E-state index in [2.05, 4.69) is 25.6 Å². The van der Waals surface area contributed by atoms with Gasteiger partial charge in [0.1, 0.15) is 5.82 Å². The van der Waals surface area contributed by atoms with Crippen molar-refractivity contribution >= 4 is 41.1 Å². The molecule has 0 bridgehead atoms. The minimum atomic E-state index is -4.35. The van der Waals surface area contributed by atoms with E-state index in [4.69, 9.17) is 22.7 Å². The summed E-state index contributed by atoms with van der Waals surface area (Å²) in [6.45, 7) is 2.45. The van der Waals surface area contributed by atoms with E-state index in [1.165, 1.54) is 0 Å². The maximum atomic E-state index is 13.0. The van der Waals surface area contributed by atoms with Crippen molar-refractivity contribution in [2.45, 2.75) is 32.0 Å². The fraction of sp³-hybridized carbons (Fsp3) is 0.346. The van der Waals surface area contributed by atoms with Crippen LogP contribution in [-0.2, 0) is 13.0 Å². The first kappa shape index (κ1) is 28.9. The number of nitrogens with zero attached hydrogens (tertiary/aromatic N) is 5. The molecule has 1 amide bonds. The summed E-state index contributed by atoms with van der Waals surface area (Å²) in [6.07, 6.45) is -5.11. The van der Waals surface area contributed by atoms with E-state index in [9.17, 15) is 18.0 Å². The number of aromatic nitrogens is 3. The van der Waals surface area contributed by atoms with E-state index in [0.29, 0.717) is 55.4 Å². The molecule has 2 heterocycles. The Kier molecular flexibility index (Phi) is 9.25. The second-order valence-electron chi connectivity index (χ2n) is 9.21. The first-order valence-electron chi connectivity index (χ1n) is 12.6. The third-order valence-electron chi connectivity index (χ3n) is 6.19. The summed E-state index contributed by atoms with van der Waals surface area (Å²) in [5.41, 5.74) is 7.49. The van der Waals surface area contributed by atoms with Crippen molar-refractivity contribution in [2.24, 2.45) is 5.73 Å². The van der Waals surface area contributed by atoms with Crippen molar-refractivity contribution in [3.8, 4) is 0 Å². The van der Waals surface area contributed by atoms with Gasteiger partial charge in [0.15, 0.2) is 5.96 Å². The minimum absolute atomic E-state index is 0.00652. The van der Waals surface area contributed by atoms with Crippen LogP contribution in [0.1, 0.15) is 34.6 Å². The zero-order valence-electron chi connectivity index (χ0n) is 21.5. The summed E-state index contributed by atoms with van der Waals surface area (Å²) in [5, 5.41) is 14.2. The molecule has 1 saturated heterocycles. The summed E-state index contributed by atoms with van der Waals surface area (Å²) < 4.78 is 38.5. The molecule has 14 heteroatoms. The molecular weight excluding hydrogens is 547 g/mol. The van der Waals surface area contributed by atoms with E-state index in [1.54, 1.807) is 46.2 Å². The van der Waals surface area contributed by atoms with Gasteiger partial charge in [-0.05, 0) is 48.4 Å². The quantitative estimate of drug-likeness (QED) is 0.229. The number of rotatable bonds is 8. The summed E-state index contributed by atoms with van der Waals surface area (Å²) in [6, 6.07) is 13.8. The van der Waals surface area contributed by atoms with Crippen LogP contribution in [0.5, 0.6) is 0 Å². The number of halogens is 4. The average molecular weight is 576 g/mol. The molecule has 1 aromatic heterocycles. The predicted octanol–water partition coefficient (Wildman–Crippen LogP) is 4.42. The predicted molar refractivity (Wildman–Crippen MR) is 147 cm³/mol. The number of nitrogens with two attached hydrogens (primary N) is 1. The molecule has 0 unspecified atom stereocenters. The zero-order chi connectivity index (χ0) is 28.7. The normalized spacial score (nSPS) is 14.0. The van der Waals surface area contributed by atoms with Crippen LogP contribution in [0.2, 0.25) is 5.02 Å². The maximum Gasteiger partial charge on any atom is 0.389 e. The van der Waals surface area contributed by atoms with Crippen molar-refractivity contribution in [2.75, 3.05) is 36.8 Å². The van der Waals surface area contributed by atoms with Crippen LogP contribution in [0, 0.1) is 5.41 Å². The van der Waals surface area contributed by atoms with Gasteiger partial charge in [-0.15, -0.1) is 0 Å². The molecule has 4 rings (SSSR count). The zero-order valence-corrected chi connectivity index (χ0v) is 22.3. The molecule has 212 valence electrons. The van der Waals surface area contributed by atoms with E-state index in [1.807, 2.05) is 12.1 Å². The fourth-order valence-electron chi connectivity index (χ4n) is 4.07. The number of alkyl halides is 3. The second kappa shape index (κ2) is 12.8. The molecule has 1 aliphatic rings. The number of benzene rings is 2. The third kappa shape index (κ3) is 8.43. The molecule has 5 N–H and O–H groups in total. The number of carbonyl (C=O) groups is 1. The number of amides is 1. The molecule has 0 atom stereocenters. The lowest BCUT2D eigenvalue weighted by Crippen LogP contribution is -2.40. The highest BCUT2D eigenvalue weighted by atomic mass is 35.5. The van der Waals surface area contributed by atoms with Crippen LogP contribution in [0.25, 0.3) is 0 Å². The molecule has 1 fully saturated rings. The first-order valence-corrected chi connectivity index (χ1v) is 13.0. The van der Waals surface area contributed by atoms with Crippen LogP contribution in [-0.4, -0.2) is 69.0 Å². The molecule has 2 aromatic carbocycles. The third-order valence-corrected chi connectivity index (χ3v) is 6.44. The monoisotopic (exact) mass is 575 g/mol. The standard InChI is InChI=1S/C26H29ClF3N9O/c27-19-6-2-17(3-7-19)16-33-24-35-21(10-11-26(28,29)30)36-25(37-24)34-20-8-4-18(5-9-20)22(40)38-12-1-13-39(15-14-38)23(31)32/h2-9H,1,10-16H2,(H3,31,32)(H2,33,34,35,36,37). The smallest absolute Gasteiger partial charge is 0.370 e. The van der Waals surface area contributed by atoms with Crippen LogP contribution in [0.3, 0.4) is 0 Å². The summed E-state index contributed by atoms with van der Waals surface area (Å²) in [7, 11) is 0. The van der Waals surface area contributed by atoms with Crippen molar-refractivity contribution < 1.29 is 18.0 Å². The van der Waals surface area contributed by atoms with Gasteiger partial charge in [-0.2, -0.15) is 28.1 Å². The van der Waals surface area contributed by atoms with Gasteiger partial charge in [-0.25, -0.2) is 0 Å². The topological polar surface area (TPSA) is 136 Å². The molecule has 0 saturated carbocycles. The molecule has 10 nitrogen and oxygen atoms in total. The molecule has 1 aliphatic heterocycles. The van der Waals surface area contributed by atoms with Crippen molar-refractivity contribution in [1.82, 2.24) is 24.8 Å². The van der Waals surface area contributed by atoms with Crippen molar-refractivity contribution in [3.05, 3.63) is 70.5 Å². The van der Waals surface area contributed by atoms with Crippen LogP contribution in [0.15, 0.2) is 48.5 Å².